The number of hydrogen-bond acceptors (Lipinski definition) is 3. The van der Waals surface area contributed by atoms with E-state index in [1.807, 2.05) is 0 Å². The second kappa shape index (κ2) is 8.08. The number of amides is 3. The van der Waals surface area contributed by atoms with Crippen LogP contribution in [-0.4, -0.2) is 17.7 Å². The lowest BCUT2D eigenvalue weighted by atomic mass is 10.1. The Bertz CT molecular complexity index is 1140. The Morgan fingerprint density at radius 1 is 0.933 bits per heavy atom. The summed E-state index contributed by atoms with van der Waals surface area (Å²) in [6.07, 6.45) is 0.561. The number of aryl methyl sites for hydroxylation is 1. The molecule has 3 amide bonds. The van der Waals surface area contributed by atoms with Crippen LogP contribution in [0.4, 0.5) is 15.8 Å². The molecule has 0 radical (unpaired) electrons. The summed E-state index contributed by atoms with van der Waals surface area (Å²) in [4.78, 5) is 38.5. The largest absolute Gasteiger partial charge is 0.326 e. The van der Waals surface area contributed by atoms with Crippen LogP contribution in [0, 0.1) is 5.82 Å². The molecule has 7 heteroatoms. The Morgan fingerprint density at radius 3 is 2.27 bits per heavy atom. The molecule has 1 N–H and O–H groups in total. The SMILES string of the molecule is O=C(CCc1cccc(F)c1)Nc1ccc(N2C(=O)c3ccccc3C2=O)c(Cl)c1. The number of halogens is 2. The van der Waals surface area contributed by atoms with Gasteiger partial charge in [-0.05, 0) is 54.4 Å². The predicted molar refractivity (Wildman–Crippen MR) is 112 cm³/mol. The summed E-state index contributed by atoms with van der Waals surface area (Å²) in [6.45, 7) is 0. The molecule has 0 saturated carbocycles. The van der Waals surface area contributed by atoms with E-state index in [0.29, 0.717) is 23.2 Å². The first-order valence-corrected chi connectivity index (χ1v) is 9.63. The number of benzene rings is 3. The highest BCUT2D eigenvalue weighted by atomic mass is 35.5. The van der Waals surface area contributed by atoms with Gasteiger partial charge in [-0.15, -0.1) is 0 Å². The lowest BCUT2D eigenvalue weighted by Crippen LogP contribution is -2.29. The molecule has 1 aliphatic rings. The van der Waals surface area contributed by atoms with E-state index in [9.17, 15) is 18.8 Å². The number of rotatable bonds is 5. The number of imide groups is 1. The van der Waals surface area contributed by atoms with Gasteiger partial charge in [0.25, 0.3) is 11.8 Å². The highest BCUT2D eigenvalue weighted by molar-refractivity contribution is 6.40. The van der Waals surface area contributed by atoms with Gasteiger partial charge in [0.1, 0.15) is 5.82 Å². The van der Waals surface area contributed by atoms with Gasteiger partial charge in [-0.1, -0.05) is 35.9 Å². The van der Waals surface area contributed by atoms with Gasteiger partial charge in [0.2, 0.25) is 5.91 Å². The average molecular weight is 423 g/mol. The van der Waals surface area contributed by atoms with E-state index in [1.54, 1.807) is 42.5 Å². The number of carbonyl (C=O) groups is 3. The molecule has 150 valence electrons. The number of carbonyl (C=O) groups excluding carboxylic acids is 3. The van der Waals surface area contributed by atoms with Gasteiger partial charge < -0.3 is 5.32 Å². The molecule has 0 bridgehead atoms. The quantitative estimate of drug-likeness (QED) is 0.597. The molecular weight excluding hydrogens is 407 g/mol. The molecule has 0 atom stereocenters. The van der Waals surface area contributed by atoms with E-state index in [-0.39, 0.29) is 28.9 Å². The highest BCUT2D eigenvalue weighted by Crippen LogP contribution is 2.34. The van der Waals surface area contributed by atoms with Crippen molar-refractivity contribution in [3.63, 3.8) is 0 Å². The van der Waals surface area contributed by atoms with Crippen LogP contribution >= 0.6 is 11.6 Å². The van der Waals surface area contributed by atoms with E-state index in [4.69, 9.17) is 11.6 Å². The monoisotopic (exact) mass is 422 g/mol. The number of nitrogens with zero attached hydrogens (tertiary/aromatic N) is 1. The zero-order valence-electron chi connectivity index (χ0n) is 15.7. The molecular formula is C23H16ClFN2O3. The van der Waals surface area contributed by atoms with Crippen LogP contribution in [0.3, 0.4) is 0 Å². The predicted octanol–water partition coefficient (Wildman–Crippen LogP) is 4.85. The van der Waals surface area contributed by atoms with Gasteiger partial charge in [-0.25, -0.2) is 9.29 Å². The number of hydrogen-bond donors (Lipinski definition) is 1. The smallest absolute Gasteiger partial charge is 0.266 e. The molecule has 1 aliphatic heterocycles. The summed E-state index contributed by atoms with van der Waals surface area (Å²) in [7, 11) is 0. The van der Waals surface area contributed by atoms with Crippen molar-refractivity contribution in [2.24, 2.45) is 0 Å². The van der Waals surface area contributed by atoms with Gasteiger partial charge >= 0.3 is 0 Å². The van der Waals surface area contributed by atoms with Crippen LogP contribution in [-0.2, 0) is 11.2 Å². The molecule has 0 saturated heterocycles. The van der Waals surface area contributed by atoms with Crippen LogP contribution in [0.1, 0.15) is 32.7 Å². The van der Waals surface area contributed by atoms with E-state index in [2.05, 4.69) is 5.32 Å². The summed E-state index contributed by atoms with van der Waals surface area (Å²) < 4.78 is 13.2. The van der Waals surface area contributed by atoms with Gasteiger partial charge in [-0.2, -0.15) is 0 Å². The van der Waals surface area contributed by atoms with Gasteiger partial charge in [0, 0.05) is 12.1 Å². The number of anilines is 2. The first-order chi connectivity index (χ1) is 14.4. The van der Waals surface area contributed by atoms with E-state index >= 15 is 0 Å². The highest BCUT2D eigenvalue weighted by Gasteiger charge is 2.37. The Hall–Kier alpha value is -3.51. The number of fused-ring (bicyclic) bond motifs is 1. The van der Waals surface area contributed by atoms with Crippen LogP contribution in [0.5, 0.6) is 0 Å². The zero-order valence-corrected chi connectivity index (χ0v) is 16.4. The molecule has 0 fully saturated rings. The molecule has 0 aliphatic carbocycles. The third-order valence-corrected chi connectivity index (χ3v) is 5.10. The van der Waals surface area contributed by atoms with Crippen molar-refractivity contribution in [2.45, 2.75) is 12.8 Å². The van der Waals surface area contributed by atoms with Crippen molar-refractivity contribution in [1.82, 2.24) is 0 Å². The van der Waals surface area contributed by atoms with Crippen LogP contribution in [0.15, 0.2) is 66.7 Å². The third-order valence-electron chi connectivity index (χ3n) is 4.80. The lowest BCUT2D eigenvalue weighted by Gasteiger charge is -2.16. The summed E-state index contributed by atoms with van der Waals surface area (Å²) in [5.74, 6) is -1.49. The van der Waals surface area contributed by atoms with E-state index in [0.717, 1.165) is 10.5 Å². The maximum absolute atomic E-state index is 13.2. The van der Waals surface area contributed by atoms with Crippen molar-refractivity contribution >= 4 is 40.7 Å². The molecule has 3 aromatic carbocycles. The molecule has 1 heterocycles. The second-order valence-corrected chi connectivity index (χ2v) is 7.24. The zero-order chi connectivity index (χ0) is 21.3. The molecule has 4 rings (SSSR count). The maximum Gasteiger partial charge on any atom is 0.266 e. The minimum Gasteiger partial charge on any atom is -0.326 e. The molecule has 0 aromatic heterocycles. The van der Waals surface area contributed by atoms with E-state index < -0.39 is 11.8 Å². The molecule has 0 spiro atoms. The number of nitrogens with one attached hydrogen (secondary N) is 1. The summed E-state index contributed by atoms with van der Waals surface area (Å²) in [6, 6.07) is 17.2. The first kappa shape index (κ1) is 19.8. The van der Waals surface area contributed by atoms with Crippen molar-refractivity contribution in [2.75, 3.05) is 10.2 Å². The van der Waals surface area contributed by atoms with Crippen molar-refractivity contribution in [3.8, 4) is 0 Å². The Balaban J connectivity index is 1.45. The lowest BCUT2D eigenvalue weighted by molar-refractivity contribution is -0.116. The summed E-state index contributed by atoms with van der Waals surface area (Å²) in [5.41, 5.74) is 2.07. The van der Waals surface area contributed by atoms with Crippen LogP contribution in [0.2, 0.25) is 5.02 Å². The normalized spacial score (nSPS) is 12.8. The average Bonchev–Trinajstić information content (AvgIpc) is 2.98. The minimum absolute atomic E-state index is 0.160. The fourth-order valence-electron chi connectivity index (χ4n) is 3.35. The fourth-order valence-corrected chi connectivity index (χ4v) is 3.61. The Morgan fingerprint density at radius 2 is 1.63 bits per heavy atom. The first-order valence-electron chi connectivity index (χ1n) is 9.26. The maximum atomic E-state index is 13.2. The van der Waals surface area contributed by atoms with Crippen molar-refractivity contribution in [1.29, 1.82) is 0 Å². The van der Waals surface area contributed by atoms with Gasteiger partial charge in [-0.3, -0.25) is 14.4 Å². The Kier molecular flexibility index (Phi) is 5.33. The van der Waals surface area contributed by atoms with E-state index in [1.165, 1.54) is 24.3 Å². The van der Waals surface area contributed by atoms with Crippen molar-refractivity contribution in [3.05, 3.63) is 94.3 Å². The molecule has 5 nitrogen and oxygen atoms in total. The topological polar surface area (TPSA) is 66.5 Å². The standard InChI is InChI=1S/C23H16ClFN2O3/c24-19-13-16(26-21(28)11-8-14-4-3-5-15(25)12-14)9-10-20(19)27-22(29)17-6-1-2-7-18(17)23(27)30/h1-7,9-10,12-13H,8,11H2,(H,26,28). The van der Waals surface area contributed by atoms with Crippen molar-refractivity contribution < 1.29 is 18.8 Å². The second-order valence-electron chi connectivity index (χ2n) is 6.84. The van der Waals surface area contributed by atoms with Crippen LogP contribution in [0.25, 0.3) is 0 Å². The Labute approximate surface area is 177 Å². The third kappa shape index (κ3) is 3.82. The molecule has 3 aromatic rings. The molecule has 0 unspecified atom stereocenters. The summed E-state index contributed by atoms with van der Waals surface area (Å²) in [5, 5.41) is 2.88. The fraction of sp³-hybridized carbons (Fsp3) is 0.0870. The minimum atomic E-state index is -0.440. The molecule has 30 heavy (non-hydrogen) atoms. The van der Waals surface area contributed by atoms with Gasteiger partial charge in [0.15, 0.2) is 0 Å². The van der Waals surface area contributed by atoms with Gasteiger partial charge in [0.05, 0.1) is 21.8 Å². The van der Waals surface area contributed by atoms with Crippen LogP contribution < -0.4 is 10.2 Å². The summed E-state index contributed by atoms with van der Waals surface area (Å²) >= 11 is 6.32.